The summed E-state index contributed by atoms with van der Waals surface area (Å²) in [4.78, 5) is 7.06. The molecule has 3 heterocycles. The quantitative estimate of drug-likeness (QED) is 0.535. The number of likely N-dealkylation sites (tertiary alicyclic amines) is 3. The third kappa shape index (κ3) is 11.0. The van der Waals surface area contributed by atoms with Gasteiger partial charge in [0.15, 0.2) is 0 Å². The summed E-state index contributed by atoms with van der Waals surface area (Å²) in [6.45, 7) is 25.7. The first-order valence-electron chi connectivity index (χ1n) is 12.3. The van der Waals surface area contributed by atoms with Gasteiger partial charge >= 0.3 is 0 Å². The summed E-state index contributed by atoms with van der Waals surface area (Å²) in [5.41, 5.74) is 0.745. The van der Waals surface area contributed by atoms with E-state index >= 15 is 0 Å². The molecule has 0 unspecified atom stereocenters. The van der Waals surface area contributed by atoms with Crippen molar-refractivity contribution in [3.05, 3.63) is 0 Å². The van der Waals surface area contributed by atoms with Gasteiger partial charge in [-0.25, -0.2) is 0 Å². The Morgan fingerprint density at radius 2 is 0.710 bits per heavy atom. The predicted molar refractivity (Wildman–Crippen MR) is 130 cm³/mol. The topological polar surface area (TPSA) is 70.4 Å². The van der Waals surface area contributed by atoms with Crippen LogP contribution in [-0.2, 0) is 0 Å². The van der Waals surface area contributed by atoms with Crippen molar-refractivity contribution < 1.29 is 15.3 Å². The number of piperidine rings is 1. The normalized spacial score (nSPS) is 27.5. The molecule has 3 rings (SSSR count). The van der Waals surface area contributed by atoms with Crippen molar-refractivity contribution in [3.63, 3.8) is 0 Å². The number of hydrogen-bond acceptors (Lipinski definition) is 6. The van der Waals surface area contributed by atoms with Crippen LogP contribution in [0, 0.1) is 0 Å². The number of hydrogen-bond donors (Lipinski definition) is 3. The molecule has 0 spiro atoms. The molecule has 0 saturated carbocycles. The van der Waals surface area contributed by atoms with Crippen molar-refractivity contribution in [2.75, 3.05) is 39.3 Å². The van der Waals surface area contributed by atoms with Gasteiger partial charge in [0, 0.05) is 55.9 Å². The monoisotopic (exact) mass is 443 g/mol. The molecule has 6 heteroatoms. The maximum Gasteiger partial charge on any atom is 0.0679 e. The van der Waals surface area contributed by atoms with Crippen LogP contribution in [0.5, 0.6) is 0 Å². The van der Waals surface area contributed by atoms with Gasteiger partial charge in [-0.3, -0.25) is 14.7 Å². The van der Waals surface area contributed by atoms with Crippen LogP contribution in [0.2, 0.25) is 0 Å². The fourth-order valence-corrected chi connectivity index (χ4v) is 4.24. The standard InChI is InChI=1S/C9H19NO.2C8H17NO/c1-9(2,3)10-6-4-8(11)5-7-10;2*1-8(2,3)9-5-4-7(10)6-9/h8,11H,4-7H2,1-3H3;2*7,10H,4-6H2,1-3H3/t;2*7-/m.10/s1. The molecule has 0 aromatic heterocycles. The van der Waals surface area contributed by atoms with Crippen molar-refractivity contribution in [2.24, 2.45) is 0 Å². The lowest BCUT2D eigenvalue weighted by Gasteiger charge is -2.39. The molecule has 3 aliphatic heterocycles. The van der Waals surface area contributed by atoms with Gasteiger partial charge in [-0.1, -0.05) is 0 Å². The molecule has 0 aliphatic carbocycles. The second-order valence-corrected chi connectivity index (χ2v) is 12.5. The van der Waals surface area contributed by atoms with Gasteiger partial charge in [-0.15, -0.1) is 0 Å². The Bertz CT molecular complexity index is 470. The van der Waals surface area contributed by atoms with Gasteiger partial charge in [0.2, 0.25) is 0 Å². The van der Waals surface area contributed by atoms with Gasteiger partial charge in [0.05, 0.1) is 18.3 Å². The van der Waals surface area contributed by atoms with Gasteiger partial charge in [-0.05, 0) is 88.0 Å². The smallest absolute Gasteiger partial charge is 0.0679 e. The highest BCUT2D eigenvalue weighted by Gasteiger charge is 2.29. The first-order chi connectivity index (χ1) is 14.0. The van der Waals surface area contributed by atoms with E-state index in [0.717, 1.165) is 65.0 Å². The first-order valence-corrected chi connectivity index (χ1v) is 12.3. The summed E-state index contributed by atoms with van der Waals surface area (Å²) < 4.78 is 0. The van der Waals surface area contributed by atoms with Crippen molar-refractivity contribution in [3.8, 4) is 0 Å². The third-order valence-corrected chi connectivity index (χ3v) is 6.64. The molecular formula is C25H53N3O3. The van der Waals surface area contributed by atoms with E-state index in [1.807, 2.05) is 0 Å². The van der Waals surface area contributed by atoms with Gasteiger partial charge < -0.3 is 15.3 Å². The lowest BCUT2D eigenvalue weighted by atomic mass is 10.00. The molecule has 3 aliphatic rings. The summed E-state index contributed by atoms with van der Waals surface area (Å²) in [7, 11) is 0. The third-order valence-electron chi connectivity index (χ3n) is 6.64. The second kappa shape index (κ2) is 11.8. The summed E-state index contributed by atoms with van der Waals surface area (Å²) in [6.07, 6.45) is 3.55. The molecule has 0 aromatic carbocycles. The molecule has 3 saturated heterocycles. The van der Waals surface area contributed by atoms with Crippen molar-refractivity contribution >= 4 is 0 Å². The number of β-amino-alcohol motifs (C(OH)–C–C–N with tert-alkyl or cyclic N) is 2. The van der Waals surface area contributed by atoms with Crippen LogP contribution in [0.3, 0.4) is 0 Å². The number of nitrogens with zero attached hydrogens (tertiary/aromatic N) is 3. The molecule has 186 valence electrons. The predicted octanol–water partition coefficient (Wildman–Crippen LogP) is 2.94. The molecule has 0 aromatic rings. The van der Waals surface area contributed by atoms with E-state index in [-0.39, 0.29) is 34.9 Å². The van der Waals surface area contributed by atoms with Gasteiger partial charge in [-0.2, -0.15) is 0 Å². The van der Waals surface area contributed by atoms with Crippen LogP contribution in [0.1, 0.15) is 88.0 Å². The minimum absolute atomic E-state index is 0.0476. The zero-order valence-electron chi connectivity index (χ0n) is 22.0. The molecule has 6 nitrogen and oxygen atoms in total. The number of aliphatic hydroxyl groups is 3. The molecular weight excluding hydrogens is 390 g/mol. The fourth-order valence-electron chi connectivity index (χ4n) is 4.24. The second-order valence-electron chi connectivity index (χ2n) is 12.5. The van der Waals surface area contributed by atoms with Crippen LogP contribution in [0.15, 0.2) is 0 Å². The van der Waals surface area contributed by atoms with Crippen LogP contribution >= 0.6 is 0 Å². The molecule has 3 fully saturated rings. The zero-order valence-corrected chi connectivity index (χ0v) is 22.0. The summed E-state index contributed by atoms with van der Waals surface area (Å²) in [5.74, 6) is 0. The number of aliphatic hydroxyl groups excluding tert-OH is 3. The van der Waals surface area contributed by atoms with E-state index in [0.29, 0.717) is 0 Å². The Labute approximate surface area is 192 Å². The summed E-state index contributed by atoms with van der Waals surface area (Å²) >= 11 is 0. The van der Waals surface area contributed by atoms with Crippen LogP contribution in [-0.4, -0.2) is 104 Å². The average Bonchev–Trinajstić information content (AvgIpc) is 3.23. The maximum atomic E-state index is 9.27. The SMILES string of the molecule is CC(C)(C)N1CCC(O)CC1.CC(C)(C)N1CC[C@@H](O)C1.CC(C)(C)N1CC[C@H](O)C1. The zero-order chi connectivity index (χ0) is 24.0. The first kappa shape index (κ1) is 28.8. The van der Waals surface area contributed by atoms with E-state index < -0.39 is 0 Å². The van der Waals surface area contributed by atoms with Crippen molar-refractivity contribution in [2.45, 2.75) is 123 Å². The van der Waals surface area contributed by atoms with Gasteiger partial charge in [0.1, 0.15) is 0 Å². The lowest BCUT2D eigenvalue weighted by molar-refractivity contribution is 0.0378. The van der Waals surface area contributed by atoms with E-state index in [2.05, 4.69) is 77.0 Å². The van der Waals surface area contributed by atoms with E-state index in [1.165, 1.54) is 0 Å². The fraction of sp³-hybridized carbons (Fsp3) is 1.00. The Morgan fingerprint density at radius 3 is 0.903 bits per heavy atom. The highest BCUT2D eigenvalue weighted by molar-refractivity contribution is 4.85. The minimum atomic E-state index is -0.0841. The number of rotatable bonds is 0. The molecule has 0 bridgehead atoms. The summed E-state index contributed by atoms with van der Waals surface area (Å²) in [5, 5.41) is 27.7. The largest absolute Gasteiger partial charge is 0.393 e. The Morgan fingerprint density at radius 1 is 0.452 bits per heavy atom. The van der Waals surface area contributed by atoms with Gasteiger partial charge in [0.25, 0.3) is 0 Å². The molecule has 0 radical (unpaired) electrons. The van der Waals surface area contributed by atoms with Crippen LogP contribution in [0.4, 0.5) is 0 Å². The minimum Gasteiger partial charge on any atom is -0.393 e. The summed E-state index contributed by atoms with van der Waals surface area (Å²) in [6, 6.07) is 0. The van der Waals surface area contributed by atoms with Crippen LogP contribution in [0.25, 0.3) is 0 Å². The molecule has 2 atom stereocenters. The average molecular weight is 444 g/mol. The lowest BCUT2D eigenvalue weighted by Crippen LogP contribution is -2.47. The highest BCUT2D eigenvalue weighted by Crippen LogP contribution is 2.21. The highest BCUT2D eigenvalue weighted by atomic mass is 16.3. The van der Waals surface area contributed by atoms with E-state index in [1.54, 1.807) is 0 Å². The van der Waals surface area contributed by atoms with E-state index in [9.17, 15) is 15.3 Å². The Balaban J connectivity index is 0.000000233. The maximum absolute atomic E-state index is 9.27. The molecule has 31 heavy (non-hydrogen) atoms. The van der Waals surface area contributed by atoms with Crippen LogP contribution < -0.4 is 0 Å². The molecule has 3 N–H and O–H groups in total. The Hall–Kier alpha value is -0.240. The molecule has 0 amide bonds. The van der Waals surface area contributed by atoms with Crippen molar-refractivity contribution in [1.29, 1.82) is 0 Å². The van der Waals surface area contributed by atoms with Crippen molar-refractivity contribution in [1.82, 2.24) is 14.7 Å². The van der Waals surface area contributed by atoms with E-state index in [4.69, 9.17) is 0 Å². The Kier molecular flexibility index (Phi) is 10.9.